The van der Waals surface area contributed by atoms with E-state index in [4.69, 9.17) is 21.3 Å². The summed E-state index contributed by atoms with van der Waals surface area (Å²) in [6, 6.07) is 29.3. The number of rotatable bonds is 6. The number of allylic oxidation sites excluding steroid dienone is 2. The van der Waals surface area contributed by atoms with E-state index in [9.17, 15) is 0 Å². The highest BCUT2D eigenvalue weighted by molar-refractivity contribution is 9.10. The number of nitrogens with zero attached hydrogens (tertiary/aromatic N) is 1. The Labute approximate surface area is 237 Å². The highest BCUT2D eigenvalue weighted by atomic mass is 79.9. The van der Waals surface area contributed by atoms with Gasteiger partial charge in [0.15, 0.2) is 0 Å². The Morgan fingerprint density at radius 1 is 1.03 bits per heavy atom. The van der Waals surface area contributed by atoms with Crippen LogP contribution in [-0.4, -0.2) is 6.21 Å². The van der Waals surface area contributed by atoms with Gasteiger partial charge in [-0.1, -0.05) is 71.8 Å². The molecule has 0 saturated heterocycles. The van der Waals surface area contributed by atoms with Crippen molar-refractivity contribution in [3.8, 4) is 5.75 Å². The van der Waals surface area contributed by atoms with Crippen molar-refractivity contribution < 1.29 is 4.74 Å². The van der Waals surface area contributed by atoms with Gasteiger partial charge in [0.05, 0.1) is 16.2 Å². The maximum Gasteiger partial charge on any atom is 0.134 e. The van der Waals surface area contributed by atoms with Gasteiger partial charge in [0, 0.05) is 28.4 Å². The van der Waals surface area contributed by atoms with Crippen LogP contribution in [0.1, 0.15) is 46.2 Å². The number of hydrogen-bond acceptors (Lipinski definition) is 3. The van der Waals surface area contributed by atoms with Crippen LogP contribution >= 0.6 is 27.5 Å². The van der Waals surface area contributed by atoms with Gasteiger partial charge in [0.1, 0.15) is 12.4 Å². The average molecular weight is 584 g/mol. The SMILES string of the molecule is Cc1ccc2c(c1)[C@@H]1C=CC[C@H]1[C@@H](c1ccc(N=Cc3ccc(OCc4ccccc4Cl)c(Br)c3)cc1)N2. The lowest BCUT2D eigenvalue weighted by molar-refractivity contribution is 0.304. The first-order chi connectivity index (χ1) is 18.5. The van der Waals surface area contributed by atoms with Crippen molar-refractivity contribution >= 4 is 45.1 Å². The van der Waals surface area contributed by atoms with E-state index in [1.54, 1.807) is 0 Å². The van der Waals surface area contributed by atoms with Gasteiger partial charge in [-0.05, 0) is 94.3 Å². The first kappa shape index (κ1) is 25.0. The zero-order chi connectivity index (χ0) is 26.1. The number of anilines is 1. The molecule has 0 spiro atoms. The summed E-state index contributed by atoms with van der Waals surface area (Å²) < 4.78 is 6.84. The molecule has 190 valence electrons. The maximum absolute atomic E-state index is 6.24. The summed E-state index contributed by atoms with van der Waals surface area (Å²) in [5, 5.41) is 4.53. The Morgan fingerprint density at radius 3 is 2.68 bits per heavy atom. The van der Waals surface area contributed by atoms with Gasteiger partial charge < -0.3 is 10.1 Å². The molecule has 0 radical (unpaired) electrons. The van der Waals surface area contributed by atoms with Crippen molar-refractivity contribution in [1.29, 1.82) is 0 Å². The summed E-state index contributed by atoms with van der Waals surface area (Å²) in [4.78, 5) is 4.71. The van der Waals surface area contributed by atoms with E-state index in [2.05, 4.69) is 82.8 Å². The highest BCUT2D eigenvalue weighted by Crippen LogP contribution is 2.50. The monoisotopic (exact) mass is 582 g/mol. The Bertz CT molecular complexity index is 1530. The lowest BCUT2D eigenvalue weighted by atomic mass is 9.76. The second-order valence-electron chi connectivity index (χ2n) is 9.99. The second kappa shape index (κ2) is 10.8. The first-order valence-corrected chi connectivity index (χ1v) is 14.1. The average Bonchev–Trinajstić information content (AvgIpc) is 3.43. The molecule has 0 unspecified atom stereocenters. The molecule has 6 rings (SSSR count). The van der Waals surface area contributed by atoms with E-state index in [1.807, 2.05) is 48.7 Å². The van der Waals surface area contributed by atoms with Crippen LogP contribution in [0.2, 0.25) is 5.02 Å². The molecule has 38 heavy (non-hydrogen) atoms. The summed E-state index contributed by atoms with van der Waals surface area (Å²) in [7, 11) is 0. The Kier molecular flexibility index (Phi) is 7.10. The van der Waals surface area contributed by atoms with Crippen LogP contribution < -0.4 is 10.1 Å². The third-order valence-electron chi connectivity index (χ3n) is 7.43. The molecule has 2 aliphatic rings. The zero-order valence-electron chi connectivity index (χ0n) is 21.1. The molecule has 3 atom stereocenters. The summed E-state index contributed by atoms with van der Waals surface area (Å²) >= 11 is 9.87. The highest BCUT2D eigenvalue weighted by Gasteiger charge is 2.37. The predicted octanol–water partition coefficient (Wildman–Crippen LogP) is 9.57. The second-order valence-corrected chi connectivity index (χ2v) is 11.2. The van der Waals surface area contributed by atoms with Gasteiger partial charge in [-0.25, -0.2) is 0 Å². The van der Waals surface area contributed by atoms with Crippen molar-refractivity contribution in [3.05, 3.63) is 134 Å². The van der Waals surface area contributed by atoms with Crippen molar-refractivity contribution in [1.82, 2.24) is 0 Å². The van der Waals surface area contributed by atoms with Gasteiger partial charge in [-0.3, -0.25) is 4.99 Å². The van der Waals surface area contributed by atoms with E-state index < -0.39 is 0 Å². The quantitative estimate of drug-likeness (QED) is 0.181. The van der Waals surface area contributed by atoms with Crippen LogP contribution in [0, 0.1) is 12.8 Å². The minimum atomic E-state index is 0.289. The van der Waals surface area contributed by atoms with Crippen LogP contribution in [0.4, 0.5) is 11.4 Å². The number of halogens is 2. The fourth-order valence-corrected chi connectivity index (χ4v) is 6.15. The van der Waals surface area contributed by atoms with Crippen molar-refractivity contribution in [2.24, 2.45) is 10.9 Å². The maximum atomic E-state index is 6.24. The van der Waals surface area contributed by atoms with E-state index in [0.29, 0.717) is 23.5 Å². The van der Waals surface area contributed by atoms with Gasteiger partial charge in [0.2, 0.25) is 0 Å². The number of hydrogen-bond donors (Lipinski definition) is 1. The summed E-state index contributed by atoms with van der Waals surface area (Å²) in [5.74, 6) is 1.78. The number of aliphatic imine (C=N–C) groups is 1. The van der Waals surface area contributed by atoms with Gasteiger partial charge in [-0.2, -0.15) is 0 Å². The van der Waals surface area contributed by atoms with Crippen LogP contribution in [0.25, 0.3) is 0 Å². The molecular weight excluding hydrogens is 556 g/mol. The summed E-state index contributed by atoms with van der Waals surface area (Å²) in [6.07, 6.45) is 7.71. The smallest absolute Gasteiger partial charge is 0.134 e. The number of aryl methyl sites for hydroxylation is 1. The fraction of sp³-hybridized carbons (Fsp3) is 0.182. The van der Waals surface area contributed by atoms with E-state index in [0.717, 1.165) is 33.5 Å². The van der Waals surface area contributed by atoms with Crippen molar-refractivity contribution in [3.63, 3.8) is 0 Å². The van der Waals surface area contributed by atoms with Crippen molar-refractivity contribution in [2.45, 2.75) is 31.9 Å². The zero-order valence-corrected chi connectivity index (χ0v) is 23.4. The predicted molar refractivity (Wildman–Crippen MR) is 161 cm³/mol. The summed E-state index contributed by atoms with van der Waals surface area (Å²) in [5.41, 5.74) is 8.17. The third-order valence-corrected chi connectivity index (χ3v) is 8.42. The minimum absolute atomic E-state index is 0.289. The molecule has 0 fully saturated rings. The fourth-order valence-electron chi connectivity index (χ4n) is 5.45. The molecule has 1 N–H and O–H groups in total. The molecule has 3 nitrogen and oxygen atoms in total. The molecule has 1 heterocycles. The normalized spacial score (nSPS) is 19.7. The lowest BCUT2D eigenvalue weighted by Gasteiger charge is -2.37. The number of ether oxygens (including phenoxy) is 1. The Balaban J connectivity index is 1.13. The van der Waals surface area contributed by atoms with Crippen LogP contribution in [0.15, 0.2) is 107 Å². The van der Waals surface area contributed by atoms with Crippen LogP contribution in [-0.2, 0) is 6.61 Å². The molecule has 0 saturated carbocycles. The number of nitrogens with one attached hydrogen (secondary N) is 1. The molecule has 0 bridgehead atoms. The molecule has 0 aromatic heterocycles. The molecular formula is C33H28BrClN2O. The van der Waals surface area contributed by atoms with Crippen LogP contribution in [0.3, 0.4) is 0 Å². The number of fused-ring (bicyclic) bond motifs is 3. The molecule has 4 aromatic rings. The topological polar surface area (TPSA) is 33.6 Å². The van der Waals surface area contributed by atoms with Gasteiger partial charge >= 0.3 is 0 Å². The Morgan fingerprint density at radius 2 is 1.87 bits per heavy atom. The van der Waals surface area contributed by atoms with E-state index >= 15 is 0 Å². The molecule has 1 aliphatic heterocycles. The Hall–Kier alpha value is -3.34. The first-order valence-electron chi connectivity index (χ1n) is 12.9. The van der Waals surface area contributed by atoms with Gasteiger partial charge in [-0.15, -0.1) is 0 Å². The standard InChI is InChI=1S/C33H28BrClN2O/c1-21-9-15-31-28(17-21)26-6-4-7-27(26)33(37-31)23-11-13-25(14-12-23)36-19-22-10-16-32(29(34)18-22)38-20-24-5-2-3-8-30(24)35/h2-6,8-19,26-27,33,37H,7,20H2,1H3/t26-,27-,33-/m1/s1. The summed E-state index contributed by atoms with van der Waals surface area (Å²) in [6.45, 7) is 2.58. The van der Waals surface area contributed by atoms with E-state index in [1.165, 1.54) is 22.4 Å². The van der Waals surface area contributed by atoms with Gasteiger partial charge in [0.25, 0.3) is 0 Å². The van der Waals surface area contributed by atoms with E-state index in [-0.39, 0.29) is 6.04 Å². The van der Waals surface area contributed by atoms with Crippen molar-refractivity contribution in [2.75, 3.05) is 5.32 Å². The van der Waals surface area contributed by atoms with Crippen LogP contribution in [0.5, 0.6) is 5.75 Å². The molecule has 5 heteroatoms. The minimum Gasteiger partial charge on any atom is -0.488 e. The largest absolute Gasteiger partial charge is 0.488 e. The molecule has 1 aliphatic carbocycles. The lowest BCUT2D eigenvalue weighted by Crippen LogP contribution is -2.29. The molecule has 4 aromatic carbocycles. The number of benzene rings is 4. The molecule has 0 amide bonds. The third kappa shape index (κ3) is 5.16.